The Labute approximate surface area is 91.1 Å². The zero-order valence-corrected chi connectivity index (χ0v) is 9.82. The van der Waals surface area contributed by atoms with E-state index in [9.17, 15) is 0 Å². The van der Waals surface area contributed by atoms with Gasteiger partial charge in [-0.1, -0.05) is 0 Å². The molecule has 15 heavy (non-hydrogen) atoms. The summed E-state index contributed by atoms with van der Waals surface area (Å²) >= 11 is 0. The molecule has 1 fully saturated rings. The maximum absolute atomic E-state index is 6.10. The Bertz CT molecular complexity index is 352. The van der Waals surface area contributed by atoms with Crippen LogP contribution in [0.4, 0.5) is 11.5 Å². The average Bonchev–Trinajstić information content (AvgIpc) is 3.01. The summed E-state index contributed by atoms with van der Waals surface area (Å²) in [6, 6.07) is 0.693. The van der Waals surface area contributed by atoms with Gasteiger partial charge in [0.15, 0.2) is 5.82 Å². The molecule has 1 aromatic heterocycles. The van der Waals surface area contributed by atoms with Crippen molar-refractivity contribution >= 4 is 11.5 Å². The molecule has 2 rings (SSSR count). The van der Waals surface area contributed by atoms with Crippen LogP contribution in [0.25, 0.3) is 0 Å². The quantitative estimate of drug-likeness (QED) is 0.820. The van der Waals surface area contributed by atoms with Crippen molar-refractivity contribution in [3.8, 4) is 0 Å². The Morgan fingerprint density at radius 3 is 2.60 bits per heavy atom. The van der Waals surface area contributed by atoms with Gasteiger partial charge < -0.3 is 10.6 Å². The fraction of sp³-hybridized carbons (Fsp3) is 0.727. The summed E-state index contributed by atoms with van der Waals surface area (Å²) in [7, 11) is 0. The highest BCUT2D eigenvalue weighted by molar-refractivity contribution is 5.67. The second-order valence-electron chi connectivity index (χ2n) is 4.16. The Kier molecular flexibility index (Phi) is 2.59. The number of anilines is 2. The van der Waals surface area contributed by atoms with Crippen LogP contribution >= 0.6 is 0 Å². The molecule has 0 aliphatic heterocycles. The Morgan fingerprint density at radius 2 is 2.13 bits per heavy atom. The molecule has 0 atom stereocenters. The van der Waals surface area contributed by atoms with E-state index in [1.165, 1.54) is 12.8 Å². The molecule has 0 radical (unpaired) electrons. The first-order valence-electron chi connectivity index (χ1n) is 5.78. The third-order valence-electron chi connectivity index (χ3n) is 3.05. The van der Waals surface area contributed by atoms with Gasteiger partial charge >= 0.3 is 0 Å². The molecule has 1 aliphatic rings. The smallest absolute Gasteiger partial charge is 0.150 e. The van der Waals surface area contributed by atoms with E-state index in [0.29, 0.717) is 6.04 Å². The lowest BCUT2D eigenvalue weighted by molar-refractivity contribution is 0.630. The predicted octanol–water partition coefficient (Wildman–Crippen LogP) is 1.78. The standard InChI is InChI=1S/C11H20N4/c1-4-14(9-6-7-9)11-10(12)8(3)13-15(11)5-2/h9H,4-7,12H2,1-3H3. The van der Waals surface area contributed by atoms with E-state index in [0.717, 1.165) is 30.3 Å². The van der Waals surface area contributed by atoms with Crippen LogP contribution < -0.4 is 10.6 Å². The van der Waals surface area contributed by atoms with E-state index in [4.69, 9.17) is 5.73 Å². The molecule has 1 aromatic rings. The molecule has 0 amide bonds. The van der Waals surface area contributed by atoms with Gasteiger partial charge in [0.05, 0.1) is 11.4 Å². The van der Waals surface area contributed by atoms with Gasteiger partial charge in [0.1, 0.15) is 0 Å². The van der Waals surface area contributed by atoms with Crippen molar-refractivity contribution in [3.05, 3.63) is 5.69 Å². The highest BCUT2D eigenvalue weighted by atomic mass is 15.4. The second-order valence-corrected chi connectivity index (χ2v) is 4.16. The van der Waals surface area contributed by atoms with Crippen LogP contribution in [0.1, 0.15) is 32.4 Å². The molecule has 0 aromatic carbocycles. The van der Waals surface area contributed by atoms with Crippen LogP contribution in [-0.2, 0) is 6.54 Å². The lowest BCUT2D eigenvalue weighted by Gasteiger charge is -2.23. The number of nitrogen functional groups attached to an aromatic ring is 1. The van der Waals surface area contributed by atoms with Crippen molar-refractivity contribution in [1.82, 2.24) is 9.78 Å². The number of aryl methyl sites for hydroxylation is 2. The molecule has 0 bridgehead atoms. The van der Waals surface area contributed by atoms with E-state index < -0.39 is 0 Å². The van der Waals surface area contributed by atoms with E-state index in [1.54, 1.807) is 0 Å². The van der Waals surface area contributed by atoms with Crippen molar-refractivity contribution in [3.63, 3.8) is 0 Å². The lowest BCUT2D eigenvalue weighted by atomic mass is 10.3. The number of hydrogen-bond donors (Lipinski definition) is 1. The normalized spacial score (nSPS) is 15.7. The molecule has 2 N–H and O–H groups in total. The minimum absolute atomic E-state index is 0.693. The van der Waals surface area contributed by atoms with Crippen LogP contribution in [0.2, 0.25) is 0 Å². The monoisotopic (exact) mass is 208 g/mol. The van der Waals surface area contributed by atoms with E-state index in [1.807, 2.05) is 11.6 Å². The largest absolute Gasteiger partial charge is 0.394 e. The molecule has 0 spiro atoms. The van der Waals surface area contributed by atoms with Gasteiger partial charge in [-0.05, 0) is 33.6 Å². The fourth-order valence-electron chi connectivity index (χ4n) is 2.07. The summed E-state index contributed by atoms with van der Waals surface area (Å²) in [5.41, 5.74) is 7.90. The van der Waals surface area contributed by atoms with Gasteiger partial charge in [-0.2, -0.15) is 5.10 Å². The summed E-state index contributed by atoms with van der Waals surface area (Å²) in [6.07, 6.45) is 2.59. The average molecular weight is 208 g/mol. The highest BCUT2D eigenvalue weighted by Crippen LogP contribution is 2.35. The summed E-state index contributed by atoms with van der Waals surface area (Å²) in [5.74, 6) is 1.12. The summed E-state index contributed by atoms with van der Waals surface area (Å²) < 4.78 is 2.02. The van der Waals surface area contributed by atoms with Gasteiger partial charge in [0.2, 0.25) is 0 Å². The minimum Gasteiger partial charge on any atom is -0.394 e. The highest BCUT2D eigenvalue weighted by Gasteiger charge is 2.31. The van der Waals surface area contributed by atoms with Gasteiger partial charge in [-0.15, -0.1) is 0 Å². The zero-order valence-electron chi connectivity index (χ0n) is 9.82. The minimum atomic E-state index is 0.693. The summed E-state index contributed by atoms with van der Waals surface area (Å²) in [6.45, 7) is 8.17. The first-order chi connectivity index (χ1) is 7.19. The van der Waals surface area contributed by atoms with E-state index in [-0.39, 0.29) is 0 Å². The van der Waals surface area contributed by atoms with Crippen LogP contribution in [0.5, 0.6) is 0 Å². The zero-order chi connectivity index (χ0) is 11.0. The second kappa shape index (κ2) is 3.76. The molecule has 0 unspecified atom stereocenters. The van der Waals surface area contributed by atoms with Gasteiger partial charge in [-0.3, -0.25) is 0 Å². The van der Waals surface area contributed by atoms with Crippen LogP contribution in [0.15, 0.2) is 0 Å². The Balaban J connectivity index is 2.38. The lowest BCUT2D eigenvalue weighted by Crippen LogP contribution is -2.28. The van der Waals surface area contributed by atoms with E-state index >= 15 is 0 Å². The first-order valence-corrected chi connectivity index (χ1v) is 5.78. The first kappa shape index (κ1) is 10.3. The van der Waals surface area contributed by atoms with Gasteiger partial charge in [0.25, 0.3) is 0 Å². The topological polar surface area (TPSA) is 47.1 Å². The Hall–Kier alpha value is -1.19. The molecule has 4 nitrogen and oxygen atoms in total. The van der Waals surface area contributed by atoms with Gasteiger partial charge in [0, 0.05) is 19.1 Å². The third kappa shape index (κ3) is 1.68. The van der Waals surface area contributed by atoms with Crippen molar-refractivity contribution in [2.45, 2.75) is 46.2 Å². The van der Waals surface area contributed by atoms with E-state index in [2.05, 4.69) is 23.8 Å². The molecule has 1 heterocycles. The SMILES string of the molecule is CCN(c1c(N)c(C)nn1CC)C1CC1. The Morgan fingerprint density at radius 1 is 1.47 bits per heavy atom. The number of rotatable bonds is 4. The van der Waals surface area contributed by atoms with Crippen molar-refractivity contribution in [1.29, 1.82) is 0 Å². The maximum atomic E-state index is 6.10. The number of nitrogens with two attached hydrogens (primary N) is 1. The number of nitrogens with zero attached hydrogens (tertiary/aromatic N) is 3. The van der Waals surface area contributed by atoms with Gasteiger partial charge in [-0.25, -0.2) is 4.68 Å². The molecule has 84 valence electrons. The van der Waals surface area contributed by atoms with Crippen LogP contribution in [0, 0.1) is 6.92 Å². The summed E-state index contributed by atoms with van der Waals surface area (Å²) in [4.78, 5) is 2.39. The van der Waals surface area contributed by atoms with Crippen molar-refractivity contribution in [2.75, 3.05) is 17.2 Å². The molecular weight excluding hydrogens is 188 g/mol. The van der Waals surface area contributed by atoms with Crippen molar-refractivity contribution < 1.29 is 0 Å². The van der Waals surface area contributed by atoms with Crippen LogP contribution in [-0.4, -0.2) is 22.4 Å². The molecule has 1 saturated carbocycles. The third-order valence-corrected chi connectivity index (χ3v) is 3.05. The molecular formula is C11H20N4. The summed E-state index contributed by atoms with van der Waals surface area (Å²) in [5, 5.41) is 4.46. The number of aromatic nitrogens is 2. The predicted molar refractivity (Wildman–Crippen MR) is 63.1 cm³/mol. The molecule has 1 aliphatic carbocycles. The molecule has 0 saturated heterocycles. The maximum Gasteiger partial charge on any atom is 0.150 e. The number of hydrogen-bond acceptors (Lipinski definition) is 3. The fourth-order valence-corrected chi connectivity index (χ4v) is 2.07. The van der Waals surface area contributed by atoms with Crippen molar-refractivity contribution in [2.24, 2.45) is 0 Å². The van der Waals surface area contributed by atoms with Crippen LogP contribution in [0.3, 0.4) is 0 Å². The molecule has 4 heteroatoms.